The van der Waals surface area contributed by atoms with E-state index in [0.29, 0.717) is 45.3 Å². The molecule has 0 atom stereocenters. The molecular formula is C25H26Cl2N4O. The molecule has 0 amide bonds. The molecule has 0 aliphatic heterocycles. The molecule has 2 heterocycles. The Hall–Kier alpha value is -1.98. The van der Waals surface area contributed by atoms with Crippen LogP contribution in [0, 0.1) is 23.7 Å². The van der Waals surface area contributed by atoms with Gasteiger partial charge in [-0.15, -0.1) is 0 Å². The number of nitrogens with one attached hydrogen (secondary N) is 2. The summed E-state index contributed by atoms with van der Waals surface area (Å²) < 4.78 is 1.58. The molecule has 4 bridgehead atoms. The Morgan fingerprint density at radius 1 is 1.00 bits per heavy atom. The van der Waals surface area contributed by atoms with Crippen LogP contribution in [-0.2, 0) is 0 Å². The van der Waals surface area contributed by atoms with Crippen molar-refractivity contribution < 1.29 is 0 Å². The Morgan fingerprint density at radius 2 is 1.72 bits per heavy atom. The first-order chi connectivity index (χ1) is 15.5. The molecular weight excluding hydrogens is 443 g/mol. The Kier molecular flexibility index (Phi) is 4.27. The highest BCUT2D eigenvalue weighted by Gasteiger charge is 2.48. The smallest absolute Gasteiger partial charge is 0.274 e. The van der Waals surface area contributed by atoms with Gasteiger partial charge in [0.1, 0.15) is 5.82 Å². The van der Waals surface area contributed by atoms with Crippen LogP contribution in [0.15, 0.2) is 29.1 Å². The van der Waals surface area contributed by atoms with Crippen molar-refractivity contribution in [3.8, 4) is 11.1 Å². The number of hydrogen-bond acceptors (Lipinski definition) is 3. The molecule has 0 unspecified atom stereocenters. The summed E-state index contributed by atoms with van der Waals surface area (Å²) >= 11 is 12.8. The maximum absolute atomic E-state index is 13.1. The fourth-order valence-electron chi connectivity index (χ4n) is 7.09. The van der Waals surface area contributed by atoms with E-state index in [1.807, 2.05) is 12.1 Å². The van der Waals surface area contributed by atoms with Crippen LogP contribution in [0.4, 0.5) is 5.82 Å². The van der Waals surface area contributed by atoms with Gasteiger partial charge in [0.15, 0.2) is 5.65 Å². The lowest BCUT2D eigenvalue weighted by Gasteiger charge is -2.54. The van der Waals surface area contributed by atoms with Crippen LogP contribution in [0.25, 0.3) is 16.8 Å². The van der Waals surface area contributed by atoms with Crippen molar-refractivity contribution in [2.45, 2.75) is 56.9 Å². The van der Waals surface area contributed by atoms with Crippen LogP contribution in [0.2, 0.25) is 10.0 Å². The number of H-pyrrole nitrogens is 1. The van der Waals surface area contributed by atoms with Crippen molar-refractivity contribution in [2.24, 2.45) is 23.7 Å². The fourth-order valence-corrected chi connectivity index (χ4v) is 7.59. The number of benzene rings is 1. The molecule has 2 N–H and O–H groups in total. The number of rotatable bonds is 4. The molecule has 0 radical (unpaired) electrons. The van der Waals surface area contributed by atoms with Crippen molar-refractivity contribution in [3.05, 3.63) is 50.4 Å². The molecule has 8 rings (SSSR count). The van der Waals surface area contributed by atoms with Gasteiger partial charge in [-0.3, -0.25) is 9.89 Å². The number of hydrogen-bond donors (Lipinski definition) is 2. The number of anilines is 1. The van der Waals surface area contributed by atoms with E-state index >= 15 is 0 Å². The minimum absolute atomic E-state index is 0.0837. The maximum atomic E-state index is 13.1. The van der Waals surface area contributed by atoms with Crippen LogP contribution >= 0.6 is 23.2 Å². The molecule has 2 aromatic heterocycles. The van der Waals surface area contributed by atoms with Crippen LogP contribution in [0.3, 0.4) is 0 Å². The van der Waals surface area contributed by atoms with E-state index in [9.17, 15) is 4.79 Å². The summed E-state index contributed by atoms with van der Waals surface area (Å²) in [5.41, 5.74) is 3.41. The van der Waals surface area contributed by atoms with Crippen LogP contribution in [0.1, 0.15) is 56.6 Å². The summed E-state index contributed by atoms with van der Waals surface area (Å²) in [6.45, 7) is 0. The van der Waals surface area contributed by atoms with E-state index in [1.54, 1.807) is 16.6 Å². The Balaban J connectivity index is 1.33. The van der Waals surface area contributed by atoms with Crippen molar-refractivity contribution in [2.75, 3.05) is 5.32 Å². The highest BCUT2D eigenvalue weighted by molar-refractivity contribution is 6.36. The lowest BCUT2D eigenvalue weighted by molar-refractivity contribution is 0.00742. The zero-order valence-corrected chi connectivity index (χ0v) is 19.3. The van der Waals surface area contributed by atoms with E-state index < -0.39 is 0 Å². The molecule has 32 heavy (non-hydrogen) atoms. The van der Waals surface area contributed by atoms with Crippen molar-refractivity contribution in [1.29, 1.82) is 0 Å². The second-order valence-corrected chi connectivity index (χ2v) is 11.4. The molecule has 5 aliphatic carbocycles. The lowest BCUT2D eigenvalue weighted by Crippen LogP contribution is -2.51. The Labute approximate surface area is 196 Å². The minimum atomic E-state index is -0.0837. The van der Waals surface area contributed by atoms with Gasteiger partial charge in [-0.1, -0.05) is 29.3 Å². The second kappa shape index (κ2) is 7.01. The van der Waals surface area contributed by atoms with Gasteiger partial charge in [0.25, 0.3) is 5.56 Å². The Morgan fingerprint density at radius 3 is 2.38 bits per heavy atom. The maximum Gasteiger partial charge on any atom is 0.274 e. The predicted molar refractivity (Wildman–Crippen MR) is 128 cm³/mol. The van der Waals surface area contributed by atoms with Crippen molar-refractivity contribution in [1.82, 2.24) is 14.6 Å². The van der Waals surface area contributed by atoms with E-state index in [1.165, 1.54) is 32.1 Å². The normalized spacial score (nSPS) is 30.9. The number of aromatic nitrogens is 3. The third kappa shape index (κ3) is 3.04. The van der Waals surface area contributed by atoms with Gasteiger partial charge in [-0.05, 0) is 80.8 Å². The summed E-state index contributed by atoms with van der Waals surface area (Å²) in [5, 5.41) is 8.24. The second-order valence-electron chi connectivity index (χ2n) is 10.5. The lowest BCUT2D eigenvalue weighted by atomic mass is 9.54. The van der Waals surface area contributed by atoms with E-state index in [4.69, 9.17) is 28.2 Å². The van der Waals surface area contributed by atoms with Crippen molar-refractivity contribution >= 4 is 34.7 Å². The average Bonchev–Trinajstić information content (AvgIpc) is 3.52. The number of nitrogens with zero attached hydrogens (tertiary/aromatic N) is 2. The van der Waals surface area contributed by atoms with E-state index in [2.05, 4.69) is 10.4 Å². The van der Waals surface area contributed by atoms with Gasteiger partial charge in [0.05, 0.1) is 5.02 Å². The number of fused-ring (bicyclic) bond motifs is 1. The summed E-state index contributed by atoms with van der Waals surface area (Å²) in [4.78, 5) is 18.1. The predicted octanol–water partition coefficient (Wildman–Crippen LogP) is 6.11. The Bertz CT molecular complexity index is 1260. The molecule has 5 aliphatic rings. The molecule has 5 fully saturated rings. The number of aromatic amines is 1. The van der Waals surface area contributed by atoms with Gasteiger partial charge in [0, 0.05) is 39.9 Å². The van der Waals surface area contributed by atoms with Crippen LogP contribution in [0.5, 0.6) is 0 Å². The molecule has 1 aromatic carbocycles. The van der Waals surface area contributed by atoms with Crippen LogP contribution in [-0.4, -0.2) is 20.6 Å². The summed E-state index contributed by atoms with van der Waals surface area (Å²) in [5.74, 6) is 4.37. The highest BCUT2D eigenvalue weighted by atomic mass is 35.5. The zero-order chi connectivity index (χ0) is 21.6. The first-order valence-corrected chi connectivity index (χ1v) is 12.7. The van der Waals surface area contributed by atoms with Gasteiger partial charge in [-0.2, -0.15) is 0 Å². The average molecular weight is 469 g/mol. The summed E-state index contributed by atoms with van der Waals surface area (Å²) in [6, 6.07) is 7.62. The SMILES string of the molecule is O=c1cc(NC2C3CC4CC(C3)CC2C4)nc2c(-c3ccc(Cl)cc3Cl)c(C3CC3)[nH]n12. The molecule has 7 heteroatoms. The zero-order valence-electron chi connectivity index (χ0n) is 17.8. The minimum Gasteiger partial charge on any atom is -0.367 e. The molecule has 0 saturated heterocycles. The molecule has 5 saturated carbocycles. The third-order valence-electron chi connectivity index (χ3n) is 8.37. The third-order valence-corrected chi connectivity index (χ3v) is 8.92. The highest BCUT2D eigenvalue weighted by Crippen LogP contribution is 2.54. The fraction of sp³-hybridized carbons (Fsp3) is 0.520. The summed E-state index contributed by atoms with van der Waals surface area (Å²) in [6.07, 6.45) is 8.96. The van der Waals surface area contributed by atoms with Gasteiger partial charge in [0.2, 0.25) is 0 Å². The summed E-state index contributed by atoms with van der Waals surface area (Å²) in [7, 11) is 0. The molecule has 166 valence electrons. The standard InChI is InChI=1S/C25H26Cl2N4O/c26-17-3-4-18(19(27)10-17)22-24(14-1-2-14)30-31-21(32)11-20(29-25(22)31)28-23-15-6-12-5-13(8-15)9-16(23)7-12/h3-4,10-16,23,28,30H,1-2,5-9H2. The topological polar surface area (TPSA) is 62.2 Å². The molecule has 5 nitrogen and oxygen atoms in total. The van der Waals surface area contributed by atoms with E-state index in [-0.39, 0.29) is 5.56 Å². The van der Waals surface area contributed by atoms with Crippen molar-refractivity contribution in [3.63, 3.8) is 0 Å². The van der Waals surface area contributed by atoms with Gasteiger partial charge in [-0.25, -0.2) is 9.50 Å². The number of halogens is 2. The van der Waals surface area contributed by atoms with Crippen LogP contribution < -0.4 is 10.9 Å². The molecule has 3 aromatic rings. The van der Waals surface area contributed by atoms with E-state index in [0.717, 1.165) is 41.5 Å². The molecule has 0 spiro atoms. The van der Waals surface area contributed by atoms with Gasteiger partial charge >= 0.3 is 0 Å². The monoisotopic (exact) mass is 468 g/mol. The first kappa shape index (κ1) is 19.5. The van der Waals surface area contributed by atoms with Gasteiger partial charge < -0.3 is 5.32 Å². The quantitative estimate of drug-likeness (QED) is 0.485. The largest absolute Gasteiger partial charge is 0.367 e. The first-order valence-electron chi connectivity index (χ1n) is 11.9.